The Kier molecular flexibility index (Phi) is 4.10. The van der Waals surface area contributed by atoms with Gasteiger partial charge in [0.15, 0.2) is 0 Å². The molecular weight excluding hydrogens is 452 g/mol. The van der Waals surface area contributed by atoms with E-state index < -0.39 is 0 Å². The van der Waals surface area contributed by atoms with Crippen LogP contribution in [0.25, 0.3) is 43.6 Å². The predicted octanol–water partition coefficient (Wildman–Crippen LogP) is 4.51. The number of carbonyl (C=O) groups is 2. The highest BCUT2D eigenvalue weighted by molar-refractivity contribution is 6.39. The van der Waals surface area contributed by atoms with Gasteiger partial charge in [-0.25, -0.2) is 0 Å². The zero-order valence-electron chi connectivity index (χ0n) is 19.6. The first-order chi connectivity index (χ1) is 17.7. The molecule has 1 aliphatic carbocycles. The second-order valence-electron chi connectivity index (χ2n) is 9.97. The molecule has 1 saturated heterocycles. The molecule has 2 aromatic heterocycles. The van der Waals surface area contributed by atoms with E-state index in [4.69, 9.17) is 4.74 Å². The summed E-state index contributed by atoms with van der Waals surface area (Å²) in [5, 5.41) is 6.22. The fourth-order valence-corrected chi connectivity index (χ4v) is 6.65. The van der Waals surface area contributed by atoms with E-state index in [1.807, 2.05) is 36.4 Å². The first-order valence-corrected chi connectivity index (χ1v) is 12.6. The SMILES string of the molecule is O=C1NC(=O)c2c1c1c3ccccc3[nH]c1c1c2c2ccccc2n1C1C=C[C@@H](N2CCOCC2)C1. The van der Waals surface area contributed by atoms with Gasteiger partial charge in [-0.15, -0.1) is 0 Å². The minimum absolute atomic E-state index is 0.132. The smallest absolute Gasteiger partial charge is 0.259 e. The van der Waals surface area contributed by atoms with Crippen LogP contribution in [0.1, 0.15) is 33.2 Å². The molecule has 2 amide bonds. The van der Waals surface area contributed by atoms with Crippen molar-refractivity contribution in [1.82, 2.24) is 19.8 Å². The lowest BCUT2D eigenvalue weighted by atomic mass is 9.96. The molecule has 0 saturated carbocycles. The zero-order valence-corrected chi connectivity index (χ0v) is 19.6. The van der Waals surface area contributed by atoms with Gasteiger partial charge in [0.1, 0.15) is 0 Å². The molecular formula is C29H24N4O3. The van der Waals surface area contributed by atoms with Crippen LogP contribution in [0.3, 0.4) is 0 Å². The minimum Gasteiger partial charge on any atom is -0.379 e. The van der Waals surface area contributed by atoms with Gasteiger partial charge in [0.25, 0.3) is 11.8 Å². The number of aromatic amines is 1. The lowest BCUT2D eigenvalue weighted by Gasteiger charge is -2.32. The Balaban J connectivity index is 1.47. The topological polar surface area (TPSA) is 79.4 Å². The van der Waals surface area contributed by atoms with Gasteiger partial charge in [-0.2, -0.15) is 0 Å². The maximum Gasteiger partial charge on any atom is 0.259 e. The van der Waals surface area contributed by atoms with E-state index in [1.54, 1.807) is 0 Å². The summed E-state index contributed by atoms with van der Waals surface area (Å²) >= 11 is 0. The maximum atomic E-state index is 13.2. The van der Waals surface area contributed by atoms with Gasteiger partial charge in [0.05, 0.1) is 41.4 Å². The van der Waals surface area contributed by atoms with Crippen LogP contribution in [0.5, 0.6) is 0 Å². The highest BCUT2D eigenvalue weighted by atomic mass is 16.5. The van der Waals surface area contributed by atoms with Gasteiger partial charge in [0.2, 0.25) is 0 Å². The Morgan fingerprint density at radius 2 is 1.50 bits per heavy atom. The first-order valence-electron chi connectivity index (χ1n) is 12.6. The number of H-pyrrole nitrogens is 1. The van der Waals surface area contributed by atoms with Crippen molar-refractivity contribution in [3.05, 3.63) is 71.8 Å². The molecule has 5 aromatic rings. The second-order valence-corrected chi connectivity index (χ2v) is 9.97. The van der Waals surface area contributed by atoms with Gasteiger partial charge in [0, 0.05) is 51.7 Å². The number of hydrogen-bond donors (Lipinski definition) is 2. The molecule has 0 spiro atoms. The number of ether oxygens (including phenoxy) is 1. The lowest BCUT2D eigenvalue weighted by molar-refractivity contribution is 0.0245. The standard InChI is InChI=1S/C29H24N4O3/c34-28-24-22-18-5-1-3-7-20(18)30-26(22)27-23(25(24)29(35)31-28)19-6-2-4-8-21(19)33(27)17-10-9-16(15-17)32-11-13-36-14-12-32/h1-10,16-17,30H,11-15H2,(H,31,34,35)/t16-,17?/m1/s1. The molecule has 2 N–H and O–H groups in total. The van der Waals surface area contributed by atoms with Crippen molar-refractivity contribution in [2.75, 3.05) is 26.3 Å². The van der Waals surface area contributed by atoms with Crippen LogP contribution in [0.4, 0.5) is 0 Å². The van der Waals surface area contributed by atoms with Crippen LogP contribution in [-0.2, 0) is 4.74 Å². The Morgan fingerprint density at radius 1 is 0.806 bits per heavy atom. The van der Waals surface area contributed by atoms with Crippen molar-refractivity contribution in [2.24, 2.45) is 0 Å². The monoisotopic (exact) mass is 476 g/mol. The lowest BCUT2D eigenvalue weighted by Crippen LogP contribution is -2.42. The number of benzene rings is 3. The third-order valence-electron chi connectivity index (χ3n) is 8.17. The summed E-state index contributed by atoms with van der Waals surface area (Å²) in [6.45, 7) is 3.43. The summed E-state index contributed by atoms with van der Waals surface area (Å²) in [5.41, 5.74) is 4.91. The van der Waals surface area contributed by atoms with Gasteiger partial charge in [-0.05, 0) is 18.6 Å². The zero-order chi connectivity index (χ0) is 24.0. The van der Waals surface area contributed by atoms with Gasteiger partial charge in [-0.3, -0.25) is 19.8 Å². The highest BCUT2D eigenvalue weighted by Crippen LogP contribution is 2.45. The number of hydrogen-bond acceptors (Lipinski definition) is 4. The average Bonchev–Trinajstić information content (AvgIpc) is 3.66. The summed E-state index contributed by atoms with van der Waals surface area (Å²) in [5.74, 6) is -0.639. The normalized spacial score (nSPS) is 22.4. The molecule has 178 valence electrons. The molecule has 7 nitrogen and oxygen atoms in total. The van der Waals surface area contributed by atoms with Crippen LogP contribution in [0.15, 0.2) is 60.7 Å². The van der Waals surface area contributed by atoms with Gasteiger partial charge < -0.3 is 14.3 Å². The predicted molar refractivity (Wildman–Crippen MR) is 140 cm³/mol. The van der Waals surface area contributed by atoms with Crippen molar-refractivity contribution in [1.29, 1.82) is 0 Å². The molecule has 0 bridgehead atoms. The van der Waals surface area contributed by atoms with Crippen molar-refractivity contribution < 1.29 is 14.3 Å². The van der Waals surface area contributed by atoms with Gasteiger partial charge in [-0.1, -0.05) is 48.6 Å². The van der Waals surface area contributed by atoms with Gasteiger partial charge >= 0.3 is 0 Å². The number of nitrogens with zero attached hydrogens (tertiary/aromatic N) is 2. The summed E-state index contributed by atoms with van der Waals surface area (Å²) in [6.07, 6.45) is 5.58. The average molecular weight is 477 g/mol. The van der Waals surface area contributed by atoms with Crippen molar-refractivity contribution in [3.63, 3.8) is 0 Å². The fourth-order valence-electron chi connectivity index (χ4n) is 6.65. The molecule has 3 aliphatic rings. The van der Waals surface area contributed by atoms with E-state index in [0.717, 1.165) is 76.3 Å². The van der Waals surface area contributed by atoms with Crippen LogP contribution in [-0.4, -0.2) is 58.6 Å². The molecule has 0 radical (unpaired) electrons. The van der Waals surface area contributed by atoms with Crippen LogP contribution in [0, 0.1) is 0 Å². The Labute approximate surface area is 206 Å². The van der Waals surface area contributed by atoms with E-state index in [2.05, 4.69) is 44.1 Å². The minimum atomic E-state index is -0.323. The number of morpholine rings is 1. The maximum absolute atomic E-state index is 13.2. The quantitative estimate of drug-likeness (QED) is 0.290. The second kappa shape index (κ2) is 7.29. The number of aromatic nitrogens is 2. The highest BCUT2D eigenvalue weighted by Gasteiger charge is 2.37. The summed E-state index contributed by atoms with van der Waals surface area (Å²) < 4.78 is 7.96. The Morgan fingerprint density at radius 3 is 2.33 bits per heavy atom. The molecule has 8 rings (SSSR count). The van der Waals surface area contributed by atoms with E-state index in [9.17, 15) is 9.59 Å². The van der Waals surface area contributed by atoms with Crippen molar-refractivity contribution in [2.45, 2.75) is 18.5 Å². The Hall–Kier alpha value is -3.94. The Bertz CT molecular complexity index is 1790. The molecule has 2 atom stereocenters. The number of para-hydroxylation sites is 2. The number of rotatable bonds is 2. The van der Waals surface area contributed by atoms with E-state index >= 15 is 0 Å². The van der Waals surface area contributed by atoms with Crippen molar-refractivity contribution >= 4 is 55.4 Å². The molecule has 4 heterocycles. The molecule has 2 aliphatic heterocycles. The van der Waals surface area contributed by atoms with E-state index in [-0.39, 0.29) is 17.9 Å². The van der Waals surface area contributed by atoms with Crippen LogP contribution >= 0.6 is 0 Å². The summed E-state index contributed by atoms with van der Waals surface area (Å²) in [7, 11) is 0. The first kappa shape index (κ1) is 20.3. The molecule has 36 heavy (non-hydrogen) atoms. The molecule has 7 heteroatoms. The number of allylic oxidation sites excluding steroid dienone is 1. The fraction of sp³-hybridized carbons (Fsp3) is 0.241. The molecule has 1 fully saturated rings. The van der Waals surface area contributed by atoms with E-state index in [1.165, 1.54) is 0 Å². The van der Waals surface area contributed by atoms with Crippen molar-refractivity contribution in [3.8, 4) is 0 Å². The largest absolute Gasteiger partial charge is 0.379 e. The number of imide groups is 1. The van der Waals surface area contributed by atoms with Crippen LogP contribution < -0.4 is 5.32 Å². The third-order valence-corrected chi connectivity index (χ3v) is 8.17. The number of nitrogens with one attached hydrogen (secondary N) is 2. The number of fused-ring (bicyclic) bond motifs is 10. The third kappa shape index (κ3) is 2.59. The summed E-state index contributed by atoms with van der Waals surface area (Å²) in [4.78, 5) is 32.5. The molecule has 3 aromatic carbocycles. The summed E-state index contributed by atoms with van der Waals surface area (Å²) in [6, 6.07) is 16.7. The number of carbonyl (C=O) groups excluding carboxylic acids is 2. The molecule has 1 unspecified atom stereocenters. The van der Waals surface area contributed by atoms with E-state index in [0.29, 0.717) is 17.2 Å². The number of amides is 2. The van der Waals surface area contributed by atoms with Crippen LogP contribution in [0.2, 0.25) is 0 Å².